The van der Waals surface area contributed by atoms with E-state index in [0.717, 1.165) is 48.5 Å². The smallest absolute Gasteiger partial charge is 0.245 e. The number of para-hydroxylation sites is 1. The SMILES string of the molecule is CC(C)(Nc1ccccc1)C(=O)N[C@@H]1CCCN(c2ncnc3[nH]ccc23)C1. The maximum atomic E-state index is 12.9. The summed E-state index contributed by atoms with van der Waals surface area (Å²) in [6, 6.07) is 11.9. The van der Waals surface area contributed by atoms with Crippen LogP contribution < -0.4 is 15.5 Å². The van der Waals surface area contributed by atoms with Crippen molar-refractivity contribution in [2.24, 2.45) is 0 Å². The summed E-state index contributed by atoms with van der Waals surface area (Å²) < 4.78 is 0. The lowest BCUT2D eigenvalue weighted by Gasteiger charge is -2.36. The van der Waals surface area contributed by atoms with E-state index in [1.807, 2.05) is 56.4 Å². The van der Waals surface area contributed by atoms with E-state index in [4.69, 9.17) is 0 Å². The molecule has 4 rings (SSSR count). The van der Waals surface area contributed by atoms with Crippen molar-refractivity contribution in [2.75, 3.05) is 23.3 Å². The van der Waals surface area contributed by atoms with Gasteiger partial charge in [-0.15, -0.1) is 0 Å². The van der Waals surface area contributed by atoms with Crippen LogP contribution in [0.2, 0.25) is 0 Å². The molecule has 7 nitrogen and oxygen atoms in total. The van der Waals surface area contributed by atoms with Crippen molar-refractivity contribution in [2.45, 2.75) is 38.3 Å². The van der Waals surface area contributed by atoms with Crippen molar-refractivity contribution in [1.82, 2.24) is 20.3 Å². The van der Waals surface area contributed by atoms with Crippen LogP contribution in [-0.4, -0.2) is 45.5 Å². The topological polar surface area (TPSA) is 85.9 Å². The number of carbonyl (C=O) groups is 1. The molecule has 1 amide bonds. The first-order chi connectivity index (χ1) is 13.5. The molecule has 0 spiro atoms. The highest BCUT2D eigenvalue weighted by atomic mass is 16.2. The largest absolute Gasteiger partial charge is 0.372 e. The molecule has 2 aromatic heterocycles. The van der Waals surface area contributed by atoms with E-state index in [1.54, 1.807) is 6.33 Å². The van der Waals surface area contributed by atoms with Crippen LogP contribution in [0, 0.1) is 0 Å². The third-order valence-electron chi connectivity index (χ3n) is 5.19. The number of nitrogens with zero attached hydrogens (tertiary/aromatic N) is 3. The Bertz CT molecular complexity index is 952. The van der Waals surface area contributed by atoms with Crippen LogP contribution in [0.5, 0.6) is 0 Å². The number of piperidine rings is 1. The van der Waals surface area contributed by atoms with Crippen molar-refractivity contribution >= 4 is 28.4 Å². The van der Waals surface area contributed by atoms with Gasteiger partial charge in [-0.25, -0.2) is 9.97 Å². The van der Waals surface area contributed by atoms with Gasteiger partial charge in [-0.1, -0.05) is 18.2 Å². The van der Waals surface area contributed by atoms with Gasteiger partial charge in [-0.05, 0) is 44.9 Å². The fraction of sp³-hybridized carbons (Fsp3) is 0.381. The number of hydrogen-bond acceptors (Lipinski definition) is 5. The van der Waals surface area contributed by atoms with Gasteiger partial charge in [0.25, 0.3) is 0 Å². The Morgan fingerprint density at radius 3 is 2.86 bits per heavy atom. The van der Waals surface area contributed by atoms with E-state index in [2.05, 4.69) is 30.5 Å². The van der Waals surface area contributed by atoms with Crippen LogP contribution in [0.15, 0.2) is 48.9 Å². The highest BCUT2D eigenvalue weighted by molar-refractivity contribution is 5.89. The Kier molecular flexibility index (Phi) is 4.90. The Labute approximate surface area is 164 Å². The average molecular weight is 378 g/mol. The quantitative estimate of drug-likeness (QED) is 0.636. The van der Waals surface area contributed by atoms with Crippen LogP contribution in [0.1, 0.15) is 26.7 Å². The highest BCUT2D eigenvalue weighted by Crippen LogP contribution is 2.25. The second-order valence-electron chi connectivity index (χ2n) is 7.81. The van der Waals surface area contributed by atoms with Crippen molar-refractivity contribution in [3.8, 4) is 0 Å². The first kappa shape index (κ1) is 18.3. The molecule has 0 radical (unpaired) electrons. The van der Waals surface area contributed by atoms with E-state index in [0.29, 0.717) is 0 Å². The van der Waals surface area contributed by atoms with E-state index in [9.17, 15) is 4.79 Å². The van der Waals surface area contributed by atoms with Crippen molar-refractivity contribution < 1.29 is 4.79 Å². The Hall–Kier alpha value is -3.09. The fourth-order valence-electron chi connectivity index (χ4n) is 3.70. The fourth-order valence-corrected chi connectivity index (χ4v) is 3.70. The molecule has 1 atom stereocenters. The number of rotatable bonds is 5. The van der Waals surface area contributed by atoms with Gasteiger partial charge in [0, 0.05) is 31.0 Å². The zero-order valence-electron chi connectivity index (χ0n) is 16.3. The third kappa shape index (κ3) is 3.78. The van der Waals surface area contributed by atoms with Gasteiger partial charge in [0.05, 0.1) is 5.39 Å². The molecule has 1 saturated heterocycles. The standard InChI is InChI=1S/C21H26N6O/c1-21(2,26-15-7-4-3-5-8-15)20(28)25-16-9-6-12-27(13-16)19-17-10-11-22-18(17)23-14-24-19/h3-5,7-8,10-11,14,16,26H,6,9,12-13H2,1-2H3,(H,25,28)(H,22,23,24)/t16-/m1/s1. The molecule has 28 heavy (non-hydrogen) atoms. The van der Waals surface area contributed by atoms with Gasteiger partial charge >= 0.3 is 0 Å². The van der Waals surface area contributed by atoms with Crippen LogP contribution in [0.3, 0.4) is 0 Å². The zero-order chi connectivity index (χ0) is 19.6. The number of nitrogens with one attached hydrogen (secondary N) is 3. The van der Waals surface area contributed by atoms with Gasteiger partial charge in [-0.2, -0.15) is 0 Å². The molecule has 0 bridgehead atoms. The number of amides is 1. The molecule has 3 aromatic rings. The van der Waals surface area contributed by atoms with Gasteiger partial charge in [0.2, 0.25) is 5.91 Å². The monoisotopic (exact) mass is 378 g/mol. The lowest BCUT2D eigenvalue weighted by molar-refractivity contribution is -0.125. The minimum atomic E-state index is -0.702. The molecule has 7 heteroatoms. The molecular weight excluding hydrogens is 352 g/mol. The molecule has 0 saturated carbocycles. The van der Waals surface area contributed by atoms with Gasteiger partial charge in [-0.3, -0.25) is 4.79 Å². The number of aromatic amines is 1. The summed E-state index contributed by atoms with van der Waals surface area (Å²) in [5.41, 5.74) is 1.07. The average Bonchev–Trinajstić information content (AvgIpc) is 3.17. The normalized spacial score (nSPS) is 17.5. The zero-order valence-corrected chi connectivity index (χ0v) is 16.3. The Morgan fingerprint density at radius 2 is 2.04 bits per heavy atom. The van der Waals surface area contributed by atoms with Crippen molar-refractivity contribution in [1.29, 1.82) is 0 Å². The summed E-state index contributed by atoms with van der Waals surface area (Å²) in [7, 11) is 0. The molecule has 1 aliphatic heterocycles. The maximum absolute atomic E-state index is 12.9. The van der Waals surface area contributed by atoms with Gasteiger partial charge < -0.3 is 20.5 Å². The second-order valence-corrected chi connectivity index (χ2v) is 7.81. The lowest BCUT2D eigenvalue weighted by Crippen LogP contribution is -2.55. The molecule has 3 heterocycles. The first-order valence-electron chi connectivity index (χ1n) is 9.70. The van der Waals surface area contributed by atoms with E-state index < -0.39 is 5.54 Å². The second kappa shape index (κ2) is 7.50. The Morgan fingerprint density at radius 1 is 1.21 bits per heavy atom. The first-order valence-corrected chi connectivity index (χ1v) is 9.70. The molecule has 146 valence electrons. The highest BCUT2D eigenvalue weighted by Gasteiger charge is 2.31. The van der Waals surface area contributed by atoms with Crippen LogP contribution in [-0.2, 0) is 4.79 Å². The maximum Gasteiger partial charge on any atom is 0.245 e. The van der Waals surface area contributed by atoms with E-state index in [-0.39, 0.29) is 11.9 Å². The number of anilines is 2. The van der Waals surface area contributed by atoms with Crippen LogP contribution >= 0.6 is 0 Å². The van der Waals surface area contributed by atoms with Crippen molar-refractivity contribution in [3.05, 3.63) is 48.9 Å². The summed E-state index contributed by atoms with van der Waals surface area (Å²) >= 11 is 0. The molecule has 3 N–H and O–H groups in total. The molecule has 0 aliphatic carbocycles. The summed E-state index contributed by atoms with van der Waals surface area (Å²) in [5.74, 6) is 0.921. The number of aromatic nitrogens is 3. The van der Waals surface area contributed by atoms with Crippen LogP contribution in [0.4, 0.5) is 11.5 Å². The summed E-state index contributed by atoms with van der Waals surface area (Å²) in [4.78, 5) is 27.1. The predicted molar refractivity (Wildman–Crippen MR) is 111 cm³/mol. The summed E-state index contributed by atoms with van der Waals surface area (Å²) in [6.07, 6.45) is 5.44. The lowest BCUT2D eigenvalue weighted by atomic mass is 10.0. The van der Waals surface area contributed by atoms with Crippen molar-refractivity contribution in [3.63, 3.8) is 0 Å². The van der Waals surface area contributed by atoms with Crippen LogP contribution in [0.25, 0.3) is 11.0 Å². The molecule has 1 fully saturated rings. The van der Waals surface area contributed by atoms with E-state index in [1.165, 1.54) is 0 Å². The molecule has 1 aliphatic rings. The minimum Gasteiger partial charge on any atom is -0.372 e. The molecule has 0 unspecified atom stereocenters. The predicted octanol–water partition coefficient (Wildman–Crippen LogP) is 2.93. The minimum absolute atomic E-state index is 0.00215. The number of hydrogen-bond donors (Lipinski definition) is 3. The number of fused-ring (bicyclic) bond motifs is 1. The van der Waals surface area contributed by atoms with Gasteiger partial charge in [0.15, 0.2) is 0 Å². The van der Waals surface area contributed by atoms with E-state index >= 15 is 0 Å². The molecular formula is C21H26N6O. The summed E-state index contributed by atoms with van der Waals surface area (Å²) in [6.45, 7) is 5.48. The number of H-pyrrole nitrogens is 1. The molecule has 1 aromatic carbocycles. The number of benzene rings is 1. The number of carbonyl (C=O) groups excluding carboxylic acids is 1. The van der Waals surface area contributed by atoms with Gasteiger partial charge in [0.1, 0.15) is 23.3 Å². The Balaban J connectivity index is 1.43. The summed E-state index contributed by atoms with van der Waals surface area (Å²) in [5, 5.41) is 7.56. The third-order valence-corrected chi connectivity index (χ3v) is 5.19.